The molecule has 0 spiro atoms. The van der Waals surface area contributed by atoms with Crippen LogP contribution < -0.4 is 10.5 Å². The summed E-state index contributed by atoms with van der Waals surface area (Å²) < 4.78 is 1.97. The van der Waals surface area contributed by atoms with Gasteiger partial charge >= 0.3 is 0 Å². The standard InChI is InChI=1S/C26H25ClN4O2S2/c1-16-11-17(2)14-29(13-16)23-19(24(32)30-10-6-5-9-22(30)28-23)12-21-25(33)31(26(34)35-21)15-18-7-3-4-8-20(18)27/h3-10,12,16-17H,11,13-15H2,1-2H3/b21-12-/t16-,17+. The summed E-state index contributed by atoms with van der Waals surface area (Å²) in [5.41, 5.74) is 1.61. The summed E-state index contributed by atoms with van der Waals surface area (Å²) in [5, 5.41) is 0.582. The van der Waals surface area contributed by atoms with E-state index in [2.05, 4.69) is 18.7 Å². The van der Waals surface area contributed by atoms with Crippen LogP contribution in [0.15, 0.2) is 58.4 Å². The van der Waals surface area contributed by atoms with Crippen molar-refractivity contribution in [3.05, 3.63) is 80.1 Å². The van der Waals surface area contributed by atoms with E-state index in [1.807, 2.05) is 30.3 Å². The van der Waals surface area contributed by atoms with Gasteiger partial charge in [0, 0.05) is 24.3 Å². The number of fused-ring (bicyclic) bond motifs is 1. The summed E-state index contributed by atoms with van der Waals surface area (Å²) in [6.45, 7) is 6.35. The second-order valence-corrected chi connectivity index (χ2v) is 11.4. The molecule has 3 aromatic rings. The molecule has 0 bridgehead atoms. The molecular formula is C26H25ClN4O2S2. The monoisotopic (exact) mass is 524 g/mol. The van der Waals surface area contributed by atoms with Crippen molar-refractivity contribution in [3.8, 4) is 0 Å². The maximum atomic E-state index is 13.6. The fourth-order valence-corrected chi connectivity index (χ4v) is 6.29. The van der Waals surface area contributed by atoms with Crippen LogP contribution >= 0.6 is 35.6 Å². The summed E-state index contributed by atoms with van der Waals surface area (Å²) in [6, 6.07) is 12.9. The van der Waals surface area contributed by atoms with Crippen LogP contribution in [0.3, 0.4) is 0 Å². The molecular weight excluding hydrogens is 500 g/mol. The summed E-state index contributed by atoms with van der Waals surface area (Å²) in [5.74, 6) is 1.35. The first-order chi connectivity index (χ1) is 16.8. The number of piperidine rings is 1. The van der Waals surface area contributed by atoms with E-state index in [-0.39, 0.29) is 18.0 Å². The molecule has 0 saturated carbocycles. The van der Waals surface area contributed by atoms with Crippen molar-refractivity contribution in [1.82, 2.24) is 14.3 Å². The number of carbonyl (C=O) groups is 1. The van der Waals surface area contributed by atoms with Gasteiger partial charge in [-0.2, -0.15) is 0 Å². The van der Waals surface area contributed by atoms with Crippen LogP contribution in [0.4, 0.5) is 5.82 Å². The minimum absolute atomic E-state index is 0.201. The first-order valence-electron chi connectivity index (χ1n) is 11.6. The Morgan fingerprint density at radius 3 is 2.57 bits per heavy atom. The first kappa shape index (κ1) is 24.0. The van der Waals surface area contributed by atoms with Crippen LogP contribution in [-0.2, 0) is 11.3 Å². The molecule has 9 heteroatoms. The van der Waals surface area contributed by atoms with Gasteiger partial charge in [-0.05, 0) is 48.1 Å². The number of hydrogen-bond donors (Lipinski definition) is 0. The Labute approximate surface area is 218 Å². The van der Waals surface area contributed by atoms with Crippen LogP contribution in [0, 0.1) is 11.8 Å². The molecule has 0 radical (unpaired) electrons. The zero-order valence-electron chi connectivity index (χ0n) is 19.5. The summed E-state index contributed by atoms with van der Waals surface area (Å²) in [4.78, 5) is 36.0. The maximum Gasteiger partial charge on any atom is 0.267 e. The minimum Gasteiger partial charge on any atom is -0.355 e. The number of amides is 1. The quantitative estimate of drug-likeness (QED) is 0.344. The van der Waals surface area contributed by atoms with Crippen LogP contribution in [0.1, 0.15) is 31.4 Å². The number of benzene rings is 1. The van der Waals surface area contributed by atoms with Gasteiger partial charge in [0.25, 0.3) is 11.5 Å². The van der Waals surface area contributed by atoms with E-state index in [1.165, 1.54) is 21.1 Å². The van der Waals surface area contributed by atoms with Gasteiger partial charge in [-0.3, -0.25) is 18.9 Å². The number of halogens is 1. The molecule has 2 aliphatic heterocycles. The van der Waals surface area contributed by atoms with E-state index in [0.29, 0.717) is 43.1 Å². The number of aromatic nitrogens is 2. The smallest absolute Gasteiger partial charge is 0.267 e. The molecule has 0 unspecified atom stereocenters. The third-order valence-corrected chi connectivity index (χ3v) is 8.10. The number of nitrogens with zero attached hydrogens (tertiary/aromatic N) is 4. The van der Waals surface area contributed by atoms with Gasteiger partial charge in [0.2, 0.25) is 0 Å². The zero-order valence-corrected chi connectivity index (χ0v) is 21.9. The maximum absolute atomic E-state index is 13.6. The Hall–Kier alpha value is -2.68. The molecule has 1 amide bonds. The molecule has 2 aromatic heterocycles. The van der Waals surface area contributed by atoms with E-state index < -0.39 is 0 Å². The molecule has 2 fully saturated rings. The molecule has 6 nitrogen and oxygen atoms in total. The van der Waals surface area contributed by atoms with E-state index in [9.17, 15) is 9.59 Å². The largest absolute Gasteiger partial charge is 0.355 e. The minimum atomic E-state index is -0.233. The molecule has 0 N–H and O–H groups in total. The third kappa shape index (κ3) is 4.75. The third-order valence-electron chi connectivity index (χ3n) is 6.35. The van der Waals surface area contributed by atoms with Gasteiger partial charge < -0.3 is 4.90 Å². The molecule has 5 rings (SSSR count). The predicted octanol–water partition coefficient (Wildman–Crippen LogP) is 5.23. The summed E-state index contributed by atoms with van der Waals surface area (Å²) >= 11 is 13.0. The van der Waals surface area contributed by atoms with Gasteiger partial charge in [0.15, 0.2) is 0 Å². The van der Waals surface area contributed by atoms with Crippen molar-refractivity contribution in [2.75, 3.05) is 18.0 Å². The molecule has 180 valence electrons. The van der Waals surface area contributed by atoms with Crippen molar-refractivity contribution < 1.29 is 4.79 Å². The summed E-state index contributed by atoms with van der Waals surface area (Å²) in [6.07, 6.45) is 4.51. The van der Waals surface area contributed by atoms with Crippen molar-refractivity contribution in [3.63, 3.8) is 0 Å². The lowest BCUT2D eigenvalue weighted by Gasteiger charge is -2.36. The number of anilines is 1. The second-order valence-electron chi connectivity index (χ2n) is 9.29. The van der Waals surface area contributed by atoms with E-state index in [1.54, 1.807) is 24.4 Å². The molecule has 4 heterocycles. The van der Waals surface area contributed by atoms with Crippen LogP contribution in [0.25, 0.3) is 11.7 Å². The molecule has 2 aliphatic rings. The normalized spacial score (nSPS) is 22.0. The molecule has 35 heavy (non-hydrogen) atoms. The van der Waals surface area contributed by atoms with Crippen LogP contribution in [0.5, 0.6) is 0 Å². The Bertz CT molecular complexity index is 1410. The van der Waals surface area contributed by atoms with E-state index in [0.717, 1.165) is 25.1 Å². The van der Waals surface area contributed by atoms with Gasteiger partial charge in [0.05, 0.1) is 17.0 Å². The highest BCUT2D eigenvalue weighted by atomic mass is 35.5. The van der Waals surface area contributed by atoms with Gasteiger partial charge in [-0.1, -0.05) is 73.7 Å². The molecule has 1 aromatic carbocycles. The topological polar surface area (TPSA) is 57.9 Å². The van der Waals surface area contributed by atoms with E-state index >= 15 is 0 Å². The lowest BCUT2D eigenvalue weighted by Crippen LogP contribution is -2.40. The first-order valence-corrected chi connectivity index (χ1v) is 13.2. The Morgan fingerprint density at radius 1 is 1.11 bits per heavy atom. The van der Waals surface area contributed by atoms with Crippen LogP contribution in [-0.4, -0.2) is 37.6 Å². The molecule has 0 aliphatic carbocycles. The lowest BCUT2D eigenvalue weighted by atomic mass is 9.91. The van der Waals surface area contributed by atoms with Crippen molar-refractivity contribution in [1.29, 1.82) is 0 Å². The highest BCUT2D eigenvalue weighted by Crippen LogP contribution is 2.36. The van der Waals surface area contributed by atoms with Gasteiger partial charge in [-0.15, -0.1) is 0 Å². The van der Waals surface area contributed by atoms with Crippen molar-refractivity contribution in [2.45, 2.75) is 26.8 Å². The zero-order chi connectivity index (χ0) is 24.7. The lowest BCUT2D eigenvalue weighted by molar-refractivity contribution is -0.122. The predicted molar refractivity (Wildman–Crippen MR) is 147 cm³/mol. The average Bonchev–Trinajstić information content (AvgIpc) is 3.09. The molecule has 2 atom stereocenters. The highest BCUT2D eigenvalue weighted by molar-refractivity contribution is 8.26. The summed E-state index contributed by atoms with van der Waals surface area (Å²) in [7, 11) is 0. The van der Waals surface area contributed by atoms with Crippen molar-refractivity contribution in [2.24, 2.45) is 11.8 Å². The highest BCUT2D eigenvalue weighted by Gasteiger charge is 2.34. The fourth-order valence-electron chi connectivity index (χ4n) is 4.86. The average molecular weight is 525 g/mol. The fraction of sp³-hybridized carbons (Fsp3) is 0.308. The number of thioether (sulfide) groups is 1. The Morgan fingerprint density at radius 2 is 1.83 bits per heavy atom. The number of carbonyl (C=O) groups excluding carboxylic acids is 1. The van der Waals surface area contributed by atoms with Gasteiger partial charge in [0.1, 0.15) is 15.8 Å². The Balaban J connectivity index is 1.57. The van der Waals surface area contributed by atoms with Gasteiger partial charge in [-0.25, -0.2) is 4.98 Å². The van der Waals surface area contributed by atoms with E-state index in [4.69, 9.17) is 28.8 Å². The number of rotatable bonds is 4. The Kier molecular flexibility index (Phi) is 6.70. The molecule has 2 saturated heterocycles. The SMILES string of the molecule is C[C@@H]1C[C@H](C)CN(c2nc3ccccn3c(=O)c2/C=C2\SC(=S)N(Cc3ccccc3Cl)C2=O)C1. The second kappa shape index (κ2) is 9.76. The number of pyridine rings is 1. The van der Waals surface area contributed by atoms with Crippen molar-refractivity contribution >= 4 is 63.3 Å². The number of thiocarbonyl (C=S) groups is 1. The van der Waals surface area contributed by atoms with Crippen LogP contribution in [0.2, 0.25) is 5.02 Å². The number of hydrogen-bond acceptors (Lipinski definition) is 6.